The number of aliphatic hydroxyl groups excluding tert-OH is 2. The Kier molecular flexibility index (Phi) is 17.0. The Hall–Kier alpha value is -9.37. The molecule has 5 aromatic carbocycles. The van der Waals surface area contributed by atoms with Crippen molar-refractivity contribution in [3.63, 3.8) is 0 Å². The van der Waals surface area contributed by atoms with Crippen molar-refractivity contribution in [1.82, 2.24) is 37.2 Å². The first-order valence-electron chi connectivity index (χ1n) is 24.9. The zero-order chi connectivity index (χ0) is 59.8. The number of hydrogen-bond acceptors (Lipinski definition) is 17. The number of aliphatic hydroxyl groups is 2. The van der Waals surface area contributed by atoms with Crippen LogP contribution in [0.2, 0.25) is 10.0 Å². The van der Waals surface area contributed by atoms with Crippen LogP contribution in [0.5, 0.6) is 46.0 Å². The molecule has 10 rings (SSSR count). The number of amides is 8. The Morgan fingerprint density at radius 1 is 0.646 bits per heavy atom. The van der Waals surface area contributed by atoms with Gasteiger partial charge in [0.25, 0.3) is 0 Å². The minimum Gasteiger partial charge on any atom is -0.508 e. The quantitative estimate of drug-likeness (QED) is 0.106. The summed E-state index contributed by atoms with van der Waals surface area (Å²) in [6, 6.07) is -0.315. The van der Waals surface area contributed by atoms with E-state index in [4.69, 9.17) is 38.4 Å². The van der Waals surface area contributed by atoms with Gasteiger partial charge in [0.1, 0.15) is 77.2 Å². The lowest BCUT2D eigenvalue weighted by Gasteiger charge is -2.31. The van der Waals surface area contributed by atoms with Crippen LogP contribution in [0.3, 0.4) is 0 Å². The third-order valence-electron chi connectivity index (χ3n) is 13.4. The molecule has 5 aliphatic heterocycles. The molecule has 430 valence electrons. The van der Waals surface area contributed by atoms with Crippen LogP contribution < -0.4 is 52.4 Å². The van der Waals surface area contributed by atoms with E-state index in [9.17, 15) is 74.1 Å². The van der Waals surface area contributed by atoms with Crippen LogP contribution in [0.25, 0.3) is 11.1 Å². The number of rotatable bonds is 8. The van der Waals surface area contributed by atoms with Gasteiger partial charge in [-0.25, -0.2) is 4.79 Å². The van der Waals surface area contributed by atoms with Crippen LogP contribution in [0, 0.1) is 5.92 Å². The first-order chi connectivity index (χ1) is 38.7. The average molecular weight is 1170 g/mol. The van der Waals surface area contributed by atoms with E-state index in [1.807, 2.05) is 0 Å². The highest BCUT2D eigenvalue weighted by molar-refractivity contribution is 6.32. The smallest absolute Gasteiger partial charge is 0.330 e. The molecule has 0 fully saturated rings. The number of primary amides is 1. The van der Waals surface area contributed by atoms with Gasteiger partial charge in [-0.2, -0.15) is 0 Å². The monoisotopic (exact) mass is 1170 g/mol. The van der Waals surface area contributed by atoms with Crippen molar-refractivity contribution in [2.45, 2.75) is 88.1 Å². The van der Waals surface area contributed by atoms with E-state index in [1.54, 1.807) is 13.8 Å². The number of aliphatic carboxylic acids is 1. The highest BCUT2D eigenvalue weighted by Gasteiger charge is 2.42. The Morgan fingerprint density at radius 3 is 1.79 bits per heavy atom. The Morgan fingerprint density at radius 2 is 1.22 bits per heavy atom. The molecule has 5 aromatic rings. The highest BCUT2D eigenvalue weighted by Crippen LogP contribution is 2.47. The van der Waals surface area contributed by atoms with E-state index >= 15 is 4.79 Å². The topological polar surface area (TPSA) is 424 Å². The normalized spacial score (nSPS) is 22.1. The lowest BCUT2D eigenvalue weighted by atomic mass is 9.89. The highest BCUT2D eigenvalue weighted by atomic mass is 35.5. The number of phenols is 4. The first-order valence-corrected chi connectivity index (χ1v) is 25.6. The Labute approximate surface area is 473 Å². The van der Waals surface area contributed by atoms with E-state index < -0.39 is 165 Å². The van der Waals surface area contributed by atoms with E-state index in [-0.39, 0.29) is 56.1 Å². The van der Waals surface area contributed by atoms with Crippen molar-refractivity contribution >= 4 is 76.4 Å². The van der Waals surface area contributed by atoms with Gasteiger partial charge in [0.15, 0.2) is 17.5 Å². The lowest BCUT2D eigenvalue weighted by Crippen LogP contribution is -2.59. The molecule has 0 radical (unpaired) electrons. The molecule has 28 heteroatoms. The molecule has 82 heavy (non-hydrogen) atoms. The van der Waals surface area contributed by atoms with Crippen molar-refractivity contribution in [2.75, 3.05) is 0 Å². The van der Waals surface area contributed by atoms with Crippen molar-refractivity contribution in [3.8, 4) is 57.1 Å². The van der Waals surface area contributed by atoms with Gasteiger partial charge in [-0.3, -0.25) is 38.4 Å². The maximum atomic E-state index is 15.4. The van der Waals surface area contributed by atoms with Crippen LogP contribution in [0.15, 0.2) is 78.9 Å². The molecular formula is C54H52Cl2N8O18. The summed E-state index contributed by atoms with van der Waals surface area (Å²) in [5.41, 5.74) is 3.14. The number of nitrogens with one attached hydrogen (secondary N) is 7. The molecule has 16 N–H and O–H groups in total. The number of halogens is 2. The molecule has 8 amide bonds. The number of ether oxygens (including phenoxy) is 2. The minimum atomic E-state index is -2.20. The molecule has 26 nitrogen and oxygen atoms in total. The number of nitrogens with two attached hydrogens (primary N) is 1. The second kappa shape index (κ2) is 23.8. The predicted octanol–water partition coefficient (Wildman–Crippen LogP) is 2.31. The largest absolute Gasteiger partial charge is 0.508 e. The third-order valence-corrected chi connectivity index (χ3v) is 14.0. The van der Waals surface area contributed by atoms with Gasteiger partial charge >= 0.3 is 5.97 Å². The zero-order valence-corrected chi connectivity index (χ0v) is 44.7. The van der Waals surface area contributed by atoms with Gasteiger partial charge in [-0.05, 0) is 89.2 Å². The molecule has 0 spiro atoms. The third kappa shape index (κ3) is 12.5. The molecule has 0 saturated heterocycles. The number of carboxylic acid groups (broad SMARTS) is 1. The maximum absolute atomic E-state index is 15.4. The van der Waals surface area contributed by atoms with Gasteiger partial charge in [-0.1, -0.05) is 55.2 Å². The summed E-state index contributed by atoms with van der Waals surface area (Å²) in [5, 5.41) is 95.6. The lowest BCUT2D eigenvalue weighted by molar-refractivity contribution is -0.143. The molecule has 11 bridgehead atoms. The number of phenolic OH excluding ortho intramolecular Hbond substituents is 4. The minimum absolute atomic E-state index is 0.0490. The van der Waals surface area contributed by atoms with Crippen LogP contribution in [-0.4, -0.2) is 113 Å². The summed E-state index contributed by atoms with van der Waals surface area (Å²) < 4.78 is 12.2. The number of carbonyl (C=O) groups excluding carboxylic acids is 8. The van der Waals surface area contributed by atoms with E-state index in [2.05, 4.69) is 37.2 Å². The molecule has 0 aliphatic carbocycles. The predicted molar refractivity (Wildman–Crippen MR) is 285 cm³/mol. The summed E-state index contributed by atoms with van der Waals surface area (Å²) in [6.07, 6.45) is -5.14. The SMILES string of the molecule is CC(=O)N[C@H](CC(C)C)C(=O)N[C@H]1C(=O)N[C@@H](CC(N)=O)C(=O)N[C@H]2C(=O)N[C@H]3C(=O)N[C@H](C(=O)N[C@H](C(=O)O)c4cc(O)cc(O)c4-c4cc3ccc4O)[C@H](O)c3ccc(c(Cl)c3)Oc3cc2cc(c3O)Oc2ccc(cc2Cl)[C@H]1O. The van der Waals surface area contributed by atoms with Crippen molar-refractivity contribution < 1.29 is 88.4 Å². The van der Waals surface area contributed by atoms with Crippen LogP contribution in [0.1, 0.15) is 91.8 Å². The number of benzene rings is 5. The van der Waals surface area contributed by atoms with Crippen LogP contribution in [-0.2, 0) is 43.2 Å². The fourth-order valence-corrected chi connectivity index (χ4v) is 9.92. The van der Waals surface area contributed by atoms with Crippen LogP contribution >= 0.6 is 23.2 Å². The average Bonchev–Trinajstić information content (AvgIpc) is 3.46. The summed E-state index contributed by atoms with van der Waals surface area (Å²) in [5.74, 6) is -16.3. The summed E-state index contributed by atoms with van der Waals surface area (Å²) in [4.78, 5) is 126. The Bertz CT molecular complexity index is 3490. The number of carbonyl (C=O) groups is 9. The van der Waals surface area contributed by atoms with Crippen molar-refractivity contribution in [2.24, 2.45) is 11.7 Å². The second-order valence-corrected chi connectivity index (χ2v) is 20.6. The standard InChI is InChI=1S/C54H52Cl2N8O18/c1-19(2)10-30(58-20(3)65)48(73)63-43-45(70)22-5-8-34(28(55)12-22)81-36-14-24-15-37(47(36)72)82-35-9-6-23(13-29(35)56)46(71)44-53(78)62-42(54(79)80)27-16-25(66)17-33(68)39(27)26-11-21(4-7-32(26)67)40(50(75)64-44)61-51(76)41(24)60-49(74)31(18-38(57)69)59-52(43)77/h4-9,11-17,19,30-31,40-46,66-68,70-72H,10,18H2,1-3H3,(H2,57,69)(H,58,65)(H,59,77)(H,60,74)(H,61,76)(H,62,78)(H,63,73)(H,64,75)(H,79,80)/t30-,31+,40-,41-,42+,43-,44+,45-,46-/m1/s1. The second-order valence-electron chi connectivity index (χ2n) is 19.8. The first kappa shape index (κ1) is 58.8. The summed E-state index contributed by atoms with van der Waals surface area (Å²) in [7, 11) is 0. The number of carboxylic acids is 1. The van der Waals surface area contributed by atoms with E-state index in [0.717, 1.165) is 67.6 Å². The number of hydrogen-bond donors (Lipinski definition) is 15. The zero-order valence-electron chi connectivity index (χ0n) is 43.1. The van der Waals surface area contributed by atoms with Gasteiger partial charge in [0.05, 0.1) is 16.5 Å². The fourth-order valence-electron chi connectivity index (χ4n) is 9.46. The Balaban J connectivity index is 1.35. The molecule has 9 atom stereocenters. The van der Waals surface area contributed by atoms with Gasteiger partial charge in [0, 0.05) is 29.7 Å². The maximum Gasteiger partial charge on any atom is 0.330 e. The van der Waals surface area contributed by atoms with Gasteiger partial charge in [0.2, 0.25) is 53.0 Å². The summed E-state index contributed by atoms with van der Waals surface area (Å²) in [6.45, 7) is 4.64. The van der Waals surface area contributed by atoms with Gasteiger partial charge < -0.3 is 88.2 Å². The number of aromatic hydroxyl groups is 4. The molecule has 0 aromatic heterocycles. The number of fused-ring (bicyclic) bond motifs is 15. The van der Waals surface area contributed by atoms with E-state index in [1.165, 1.54) is 18.2 Å². The van der Waals surface area contributed by atoms with E-state index in [0.29, 0.717) is 0 Å². The molecule has 5 aliphatic rings. The molecule has 5 heterocycles. The van der Waals surface area contributed by atoms with Crippen molar-refractivity contribution in [3.05, 3.63) is 117 Å². The fraction of sp³-hybridized carbons (Fsp3) is 0.278. The van der Waals surface area contributed by atoms with Crippen molar-refractivity contribution in [1.29, 1.82) is 0 Å². The molecular weight excluding hydrogens is 1120 g/mol. The van der Waals surface area contributed by atoms with Gasteiger partial charge in [-0.15, -0.1) is 0 Å². The molecule has 0 saturated carbocycles. The van der Waals surface area contributed by atoms with Crippen LogP contribution in [0.4, 0.5) is 0 Å². The summed E-state index contributed by atoms with van der Waals surface area (Å²) >= 11 is 13.5. The molecule has 0 unspecified atom stereocenters.